The summed E-state index contributed by atoms with van der Waals surface area (Å²) in [5.74, 6) is 0.828. The van der Waals surface area contributed by atoms with Crippen molar-refractivity contribution in [2.24, 2.45) is 5.73 Å². The first-order valence-corrected chi connectivity index (χ1v) is 7.05. The van der Waals surface area contributed by atoms with Gasteiger partial charge in [0.25, 0.3) is 0 Å². The minimum absolute atomic E-state index is 0.254. The number of methoxy groups -OCH3 is 1. The van der Waals surface area contributed by atoms with Crippen LogP contribution in [0, 0.1) is 6.92 Å². The first-order valence-electron chi connectivity index (χ1n) is 5.88. The number of ether oxygens (including phenoxy) is 1. The molecule has 0 spiro atoms. The topological polar surface area (TPSA) is 35.2 Å². The molecule has 2 N–H and O–H groups in total. The van der Waals surface area contributed by atoms with Crippen LogP contribution in [0.15, 0.2) is 40.9 Å². The van der Waals surface area contributed by atoms with Crippen molar-refractivity contribution < 1.29 is 4.74 Å². The van der Waals surface area contributed by atoms with Crippen LogP contribution in [0.25, 0.3) is 0 Å². The van der Waals surface area contributed by atoms with Crippen molar-refractivity contribution in [2.45, 2.75) is 13.0 Å². The highest BCUT2D eigenvalue weighted by molar-refractivity contribution is 9.10. The minimum atomic E-state index is -0.254. The van der Waals surface area contributed by atoms with Gasteiger partial charge in [0.1, 0.15) is 5.75 Å². The zero-order chi connectivity index (χ0) is 14.0. The minimum Gasteiger partial charge on any atom is -0.497 e. The number of hydrogen-bond donors (Lipinski definition) is 1. The number of halogens is 2. The molecule has 2 aromatic rings. The Morgan fingerprint density at radius 3 is 2.53 bits per heavy atom. The molecule has 0 saturated heterocycles. The summed E-state index contributed by atoms with van der Waals surface area (Å²) in [6.07, 6.45) is 0. The van der Waals surface area contributed by atoms with Crippen LogP contribution in [0.3, 0.4) is 0 Å². The van der Waals surface area contributed by atoms with E-state index >= 15 is 0 Å². The number of aryl methyl sites for hydroxylation is 1. The van der Waals surface area contributed by atoms with Crippen LogP contribution in [0.2, 0.25) is 5.02 Å². The molecule has 0 fully saturated rings. The van der Waals surface area contributed by atoms with Gasteiger partial charge < -0.3 is 10.5 Å². The largest absolute Gasteiger partial charge is 0.497 e. The normalized spacial score (nSPS) is 12.3. The van der Waals surface area contributed by atoms with Crippen LogP contribution < -0.4 is 10.5 Å². The van der Waals surface area contributed by atoms with Crippen molar-refractivity contribution in [3.05, 3.63) is 62.6 Å². The van der Waals surface area contributed by atoms with Crippen molar-refractivity contribution >= 4 is 27.5 Å². The third-order valence-corrected chi connectivity index (χ3v) is 3.94. The van der Waals surface area contributed by atoms with Crippen molar-refractivity contribution in [1.29, 1.82) is 0 Å². The van der Waals surface area contributed by atoms with Gasteiger partial charge in [0.2, 0.25) is 0 Å². The summed E-state index contributed by atoms with van der Waals surface area (Å²) < 4.78 is 6.17. The number of rotatable bonds is 3. The molecule has 1 atom stereocenters. The van der Waals surface area contributed by atoms with Gasteiger partial charge in [0.15, 0.2) is 0 Å². The maximum atomic E-state index is 6.33. The van der Waals surface area contributed by atoms with E-state index < -0.39 is 0 Å². The summed E-state index contributed by atoms with van der Waals surface area (Å²) in [7, 11) is 1.65. The SMILES string of the molecule is COc1ccc(C(N)c2cc(Br)ccc2Cl)c(C)c1. The standard InChI is InChI=1S/C15H15BrClNO/c1-9-7-11(19-2)4-5-12(9)15(18)13-8-10(16)3-6-14(13)17/h3-8,15H,18H2,1-2H3. The first-order chi connectivity index (χ1) is 9.02. The monoisotopic (exact) mass is 339 g/mol. The predicted octanol–water partition coefficient (Wildman–Crippen LogP) is 4.47. The second-order valence-corrected chi connectivity index (χ2v) is 5.69. The van der Waals surface area contributed by atoms with Gasteiger partial charge in [-0.25, -0.2) is 0 Å². The number of nitrogens with two attached hydrogens (primary N) is 1. The molecular formula is C15H15BrClNO. The van der Waals surface area contributed by atoms with Crippen molar-refractivity contribution in [3.8, 4) is 5.75 Å². The van der Waals surface area contributed by atoms with Crippen LogP contribution in [-0.2, 0) is 0 Å². The van der Waals surface area contributed by atoms with E-state index in [4.69, 9.17) is 22.1 Å². The lowest BCUT2D eigenvalue weighted by Crippen LogP contribution is -2.14. The number of benzene rings is 2. The lowest BCUT2D eigenvalue weighted by atomic mass is 9.95. The fraction of sp³-hybridized carbons (Fsp3) is 0.200. The predicted molar refractivity (Wildman–Crippen MR) is 82.9 cm³/mol. The van der Waals surface area contributed by atoms with E-state index in [2.05, 4.69) is 15.9 Å². The molecule has 0 bridgehead atoms. The van der Waals surface area contributed by atoms with E-state index in [1.54, 1.807) is 7.11 Å². The number of hydrogen-bond acceptors (Lipinski definition) is 2. The van der Waals surface area contributed by atoms with E-state index in [9.17, 15) is 0 Å². The Bertz CT molecular complexity index is 601. The summed E-state index contributed by atoms with van der Waals surface area (Å²) in [4.78, 5) is 0. The Hall–Kier alpha value is -1.03. The van der Waals surface area contributed by atoms with Crippen LogP contribution in [0.4, 0.5) is 0 Å². The first kappa shape index (κ1) is 14.4. The summed E-state index contributed by atoms with van der Waals surface area (Å²) in [5.41, 5.74) is 9.37. The second-order valence-electron chi connectivity index (χ2n) is 4.37. The summed E-state index contributed by atoms with van der Waals surface area (Å²) in [6, 6.07) is 11.3. The zero-order valence-electron chi connectivity index (χ0n) is 10.8. The van der Waals surface area contributed by atoms with E-state index in [0.29, 0.717) is 5.02 Å². The lowest BCUT2D eigenvalue weighted by Gasteiger charge is -2.17. The third-order valence-electron chi connectivity index (χ3n) is 3.11. The molecule has 0 radical (unpaired) electrons. The van der Waals surface area contributed by atoms with Crippen LogP contribution in [0.5, 0.6) is 5.75 Å². The molecule has 4 heteroatoms. The molecule has 100 valence electrons. The summed E-state index contributed by atoms with van der Waals surface area (Å²) in [5, 5.41) is 0.672. The maximum Gasteiger partial charge on any atom is 0.119 e. The average molecular weight is 341 g/mol. The van der Waals surface area contributed by atoms with Gasteiger partial charge in [-0.15, -0.1) is 0 Å². The van der Waals surface area contributed by atoms with E-state index in [1.807, 2.05) is 43.3 Å². The molecule has 19 heavy (non-hydrogen) atoms. The summed E-state index contributed by atoms with van der Waals surface area (Å²) >= 11 is 9.67. The molecule has 2 aromatic carbocycles. The highest BCUT2D eigenvalue weighted by Gasteiger charge is 2.15. The third kappa shape index (κ3) is 3.11. The van der Waals surface area contributed by atoms with Gasteiger partial charge in [0, 0.05) is 9.50 Å². The molecule has 0 aliphatic heterocycles. The quantitative estimate of drug-likeness (QED) is 0.895. The second kappa shape index (κ2) is 5.95. The van der Waals surface area contributed by atoms with Crippen LogP contribution in [-0.4, -0.2) is 7.11 Å². The Balaban J connectivity index is 2.43. The van der Waals surface area contributed by atoms with Gasteiger partial charge >= 0.3 is 0 Å². The Morgan fingerprint density at radius 1 is 1.16 bits per heavy atom. The van der Waals surface area contributed by atoms with Gasteiger partial charge in [-0.05, 0) is 53.9 Å². The molecule has 0 aliphatic carbocycles. The van der Waals surface area contributed by atoms with Crippen molar-refractivity contribution in [1.82, 2.24) is 0 Å². The van der Waals surface area contributed by atoms with Gasteiger partial charge in [-0.2, -0.15) is 0 Å². The molecule has 0 saturated carbocycles. The van der Waals surface area contributed by atoms with Gasteiger partial charge in [0.05, 0.1) is 13.2 Å². The molecule has 0 aromatic heterocycles. The van der Waals surface area contributed by atoms with Gasteiger partial charge in [-0.3, -0.25) is 0 Å². The summed E-state index contributed by atoms with van der Waals surface area (Å²) in [6.45, 7) is 2.02. The van der Waals surface area contributed by atoms with E-state index in [-0.39, 0.29) is 6.04 Å². The Labute approximate surface area is 126 Å². The maximum absolute atomic E-state index is 6.33. The molecular weight excluding hydrogens is 326 g/mol. The Morgan fingerprint density at radius 2 is 1.89 bits per heavy atom. The Kier molecular flexibility index (Phi) is 4.50. The lowest BCUT2D eigenvalue weighted by molar-refractivity contribution is 0.414. The van der Waals surface area contributed by atoms with Gasteiger partial charge in [-0.1, -0.05) is 33.6 Å². The zero-order valence-corrected chi connectivity index (χ0v) is 13.1. The van der Waals surface area contributed by atoms with Crippen LogP contribution in [0.1, 0.15) is 22.7 Å². The average Bonchev–Trinajstić information content (AvgIpc) is 2.40. The fourth-order valence-electron chi connectivity index (χ4n) is 2.04. The fourth-order valence-corrected chi connectivity index (χ4v) is 2.66. The molecule has 1 unspecified atom stereocenters. The molecule has 0 heterocycles. The smallest absolute Gasteiger partial charge is 0.119 e. The van der Waals surface area contributed by atoms with E-state index in [1.165, 1.54) is 0 Å². The van der Waals surface area contributed by atoms with Crippen molar-refractivity contribution in [3.63, 3.8) is 0 Å². The molecule has 0 amide bonds. The molecule has 2 rings (SSSR count). The van der Waals surface area contributed by atoms with Crippen molar-refractivity contribution in [2.75, 3.05) is 7.11 Å². The van der Waals surface area contributed by atoms with E-state index in [0.717, 1.165) is 26.9 Å². The highest BCUT2D eigenvalue weighted by Crippen LogP contribution is 2.31. The van der Waals surface area contributed by atoms with Crippen LogP contribution >= 0.6 is 27.5 Å². The highest BCUT2D eigenvalue weighted by atomic mass is 79.9. The molecule has 0 aliphatic rings. The molecule has 2 nitrogen and oxygen atoms in total.